The Morgan fingerprint density at radius 1 is 0.889 bits per heavy atom. The van der Waals surface area contributed by atoms with Gasteiger partial charge in [-0.25, -0.2) is 0 Å². The van der Waals surface area contributed by atoms with Gasteiger partial charge in [0.25, 0.3) is 0 Å². The molecule has 1 aliphatic heterocycles. The SMILES string of the molecule is Bc1c(B)c(B)c(C(B)(B)S(=O)(=O)OC2=C(N)O[C@](B)(c3ccc(C(F)(F)F)cc3)C2=O)c(B)c1B. The second kappa shape index (κ2) is 8.82. The highest BCUT2D eigenvalue weighted by Crippen LogP contribution is 2.38. The van der Waals surface area contributed by atoms with E-state index in [4.69, 9.17) is 14.7 Å². The Labute approximate surface area is 215 Å². The minimum atomic E-state index is -4.56. The predicted molar refractivity (Wildman–Crippen MR) is 155 cm³/mol. The Morgan fingerprint density at radius 3 is 1.78 bits per heavy atom. The van der Waals surface area contributed by atoms with Crippen LogP contribution >= 0.6 is 0 Å². The van der Waals surface area contributed by atoms with Crippen LogP contribution in [0.2, 0.25) is 0 Å². The molecule has 2 N–H and O–H groups in total. The van der Waals surface area contributed by atoms with Crippen molar-refractivity contribution in [3.63, 3.8) is 0 Å². The fraction of sp³-hybridized carbons (Fsp3) is 0.167. The maximum atomic E-state index is 13.6. The van der Waals surface area contributed by atoms with Crippen molar-refractivity contribution in [1.29, 1.82) is 0 Å². The number of hydrogen-bond acceptors (Lipinski definition) is 6. The predicted octanol–water partition coefficient (Wildman–Crippen LogP) is -9.07. The fourth-order valence-electron chi connectivity index (χ4n) is 4.63. The molecule has 2 aromatic rings. The number of ether oxygens (including phenoxy) is 1. The molecule has 36 heavy (non-hydrogen) atoms. The lowest BCUT2D eigenvalue weighted by Gasteiger charge is -2.32. The molecule has 18 heteroatoms. The molecule has 0 aliphatic carbocycles. The molecule has 2 aromatic carbocycles. The normalized spacial score (nSPS) is 18.8. The summed E-state index contributed by atoms with van der Waals surface area (Å²) < 4.78 is 75.2. The first-order chi connectivity index (χ1) is 16.3. The van der Waals surface area contributed by atoms with Crippen LogP contribution in [-0.4, -0.2) is 77.0 Å². The van der Waals surface area contributed by atoms with Gasteiger partial charge in [0.2, 0.25) is 17.4 Å². The van der Waals surface area contributed by atoms with Gasteiger partial charge in [0.05, 0.1) is 10.1 Å². The van der Waals surface area contributed by atoms with E-state index < -0.39 is 49.3 Å². The van der Waals surface area contributed by atoms with Gasteiger partial charge in [-0.3, -0.25) is 4.79 Å². The fourth-order valence-corrected chi connectivity index (χ4v) is 5.77. The summed E-state index contributed by atoms with van der Waals surface area (Å²) in [5.74, 6) is -2.18. The number of carbonyl (C=O) groups is 1. The van der Waals surface area contributed by atoms with E-state index >= 15 is 0 Å². The van der Waals surface area contributed by atoms with E-state index in [0.717, 1.165) is 51.6 Å². The smallest absolute Gasteiger partial charge is 0.416 e. The highest BCUT2D eigenvalue weighted by molar-refractivity contribution is 7.90. The van der Waals surface area contributed by atoms with Gasteiger partial charge < -0.3 is 14.7 Å². The molecule has 6 nitrogen and oxygen atoms in total. The largest absolute Gasteiger partial charge is 0.467 e. The van der Waals surface area contributed by atoms with Crippen molar-refractivity contribution in [3.8, 4) is 0 Å². The van der Waals surface area contributed by atoms with Gasteiger partial charge in [-0.15, -0.1) is 16.4 Å². The molecule has 1 atom stereocenters. The number of carbonyl (C=O) groups excluding carboxylic acids is 1. The summed E-state index contributed by atoms with van der Waals surface area (Å²) in [6.45, 7) is 0. The van der Waals surface area contributed by atoms with Gasteiger partial charge in [-0.2, -0.15) is 21.6 Å². The summed E-state index contributed by atoms with van der Waals surface area (Å²) >= 11 is 0. The topological polar surface area (TPSA) is 95.7 Å². The molecule has 0 saturated carbocycles. The van der Waals surface area contributed by atoms with Gasteiger partial charge in [0, 0.05) is 0 Å². The van der Waals surface area contributed by atoms with Crippen molar-refractivity contribution in [2.75, 3.05) is 0 Å². The summed E-state index contributed by atoms with van der Waals surface area (Å²) in [6, 6.07) is 3.78. The standard InChI is InChI=1S/C18H22B8F3NO5S/c19-8-7(9(20)11(22)12(23)10(8)21)17(25,26)36(32,33)35-13-14(31)16(24,34-15(13)30)5-1-3-6(4-2-5)18(27,28)29/h1-4H,19-26,30H2/t16-/m1/s1. The zero-order valence-electron chi connectivity index (χ0n) is 21.5. The summed E-state index contributed by atoms with van der Waals surface area (Å²) in [7, 11) is 9.22. The number of Topliss-reactive ketones (excluding diaryl/α,β-unsaturated/α-hetero) is 1. The lowest BCUT2D eigenvalue weighted by molar-refractivity contribution is -0.137. The summed E-state index contributed by atoms with van der Waals surface area (Å²) in [5, 5.41) is 0. The van der Waals surface area contributed by atoms with Crippen LogP contribution < -0.4 is 33.0 Å². The number of rotatable bonds is 5. The quantitative estimate of drug-likeness (QED) is 0.319. The molecule has 0 fully saturated rings. The van der Waals surface area contributed by atoms with E-state index in [-0.39, 0.29) is 5.56 Å². The number of ketones is 1. The minimum Gasteiger partial charge on any atom is -0.467 e. The number of halogens is 3. The third kappa shape index (κ3) is 4.31. The first-order valence-corrected chi connectivity index (χ1v) is 12.6. The van der Waals surface area contributed by atoms with E-state index in [9.17, 15) is 26.4 Å². The zero-order chi connectivity index (χ0) is 27.6. The second-order valence-electron chi connectivity index (χ2n) is 9.78. The van der Waals surface area contributed by atoms with Crippen LogP contribution in [0.1, 0.15) is 16.7 Å². The number of hydrogen-bond donors (Lipinski definition) is 1. The van der Waals surface area contributed by atoms with Crippen molar-refractivity contribution < 1.29 is 35.3 Å². The van der Waals surface area contributed by atoms with Crippen molar-refractivity contribution in [3.05, 3.63) is 52.6 Å². The maximum Gasteiger partial charge on any atom is 0.416 e. The molecule has 0 amide bonds. The molecule has 0 radical (unpaired) electrons. The van der Waals surface area contributed by atoms with Gasteiger partial charge in [-0.1, -0.05) is 28.6 Å². The Morgan fingerprint density at radius 2 is 1.33 bits per heavy atom. The molecule has 180 valence electrons. The number of benzene rings is 2. The van der Waals surface area contributed by atoms with Crippen LogP contribution in [0.5, 0.6) is 0 Å². The van der Waals surface area contributed by atoms with Crippen LogP contribution in [0, 0.1) is 0 Å². The van der Waals surface area contributed by atoms with Crippen LogP contribution in [0.4, 0.5) is 13.2 Å². The van der Waals surface area contributed by atoms with Gasteiger partial charge in [0.15, 0.2) is 13.3 Å². The van der Waals surface area contributed by atoms with Crippen molar-refractivity contribution in [2.45, 2.75) is 16.2 Å². The Balaban J connectivity index is 2.00. The van der Waals surface area contributed by atoms with Crippen LogP contribution in [0.15, 0.2) is 35.9 Å². The average Bonchev–Trinajstić information content (AvgIpc) is 2.99. The molecule has 3 rings (SSSR count). The first-order valence-electron chi connectivity index (χ1n) is 11.2. The minimum absolute atomic E-state index is 0.0650. The van der Waals surface area contributed by atoms with Gasteiger partial charge >= 0.3 is 16.3 Å². The van der Waals surface area contributed by atoms with E-state index in [2.05, 4.69) is 0 Å². The lowest BCUT2D eigenvalue weighted by Crippen LogP contribution is -2.60. The molecule has 0 saturated heterocycles. The van der Waals surface area contributed by atoms with E-state index in [1.807, 2.05) is 39.2 Å². The van der Waals surface area contributed by atoms with Crippen molar-refractivity contribution in [1.82, 2.24) is 0 Å². The van der Waals surface area contributed by atoms with Crippen LogP contribution in [-0.2, 0) is 40.1 Å². The summed E-state index contributed by atoms with van der Waals surface area (Å²) in [5.41, 5.74) is 8.26. The molecular weight excluding hydrogens is 486 g/mol. The summed E-state index contributed by atoms with van der Waals surface area (Å²) in [6.07, 6.45) is -4.56. The average molecular weight is 508 g/mol. The van der Waals surface area contributed by atoms with Crippen LogP contribution in [0.25, 0.3) is 0 Å². The number of alkyl halides is 3. The van der Waals surface area contributed by atoms with Gasteiger partial charge in [0.1, 0.15) is 54.9 Å². The van der Waals surface area contributed by atoms with Gasteiger partial charge in [-0.05, 0) is 17.7 Å². The first kappa shape index (κ1) is 28.1. The monoisotopic (exact) mass is 509 g/mol. The summed E-state index contributed by atoms with van der Waals surface area (Å²) in [4.78, 5) is 13.3. The van der Waals surface area contributed by atoms with Crippen molar-refractivity contribution in [2.24, 2.45) is 5.73 Å². The highest BCUT2D eigenvalue weighted by atomic mass is 32.2. The van der Waals surface area contributed by atoms with E-state index in [0.29, 0.717) is 5.56 Å². The maximum absolute atomic E-state index is 13.6. The molecule has 0 unspecified atom stereocenters. The molecule has 1 aliphatic rings. The Kier molecular flexibility index (Phi) is 6.88. The van der Waals surface area contributed by atoms with Crippen molar-refractivity contribution >= 4 is 106 Å². The highest BCUT2D eigenvalue weighted by Gasteiger charge is 2.51. The molecular formula is C18H22B8F3NO5S. The second-order valence-corrected chi connectivity index (χ2v) is 11.9. The molecule has 0 bridgehead atoms. The number of nitrogens with two attached hydrogens (primary N) is 1. The Bertz CT molecular complexity index is 1380. The lowest BCUT2D eigenvalue weighted by atomic mass is 9.53. The van der Waals surface area contributed by atoms with Crippen LogP contribution in [0.3, 0.4) is 0 Å². The Hall–Kier alpha value is -2.49. The third-order valence-electron chi connectivity index (χ3n) is 7.36. The molecule has 0 aromatic heterocycles. The molecule has 0 spiro atoms. The molecule has 1 heterocycles. The third-order valence-corrected chi connectivity index (χ3v) is 9.20. The zero-order valence-corrected chi connectivity index (χ0v) is 22.3. The van der Waals surface area contributed by atoms with E-state index in [1.165, 1.54) is 23.5 Å². The van der Waals surface area contributed by atoms with E-state index in [1.54, 1.807) is 0 Å².